The number of fused-ring (bicyclic) bond motifs is 2. The molecule has 28 heavy (non-hydrogen) atoms. The number of carbonyl (C=O) groups excluding carboxylic acids is 2. The summed E-state index contributed by atoms with van der Waals surface area (Å²) in [6.07, 6.45) is 3.27. The Bertz CT molecular complexity index is 901. The van der Waals surface area contributed by atoms with Crippen molar-refractivity contribution in [3.05, 3.63) is 40.9 Å². The van der Waals surface area contributed by atoms with Gasteiger partial charge in [-0.05, 0) is 37.5 Å². The van der Waals surface area contributed by atoms with Crippen molar-refractivity contribution in [3.63, 3.8) is 0 Å². The summed E-state index contributed by atoms with van der Waals surface area (Å²) in [4.78, 5) is 25.8. The third-order valence-corrected chi connectivity index (χ3v) is 7.54. The highest BCUT2D eigenvalue weighted by Gasteiger charge is 2.49. The maximum Gasteiger partial charge on any atom is 0.244 e. The molecule has 2 N–H and O–H groups in total. The van der Waals surface area contributed by atoms with Crippen molar-refractivity contribution < 1.29 is 18.0 Å². The van der Waals surface area contributed by atoms with Gasteiger partial charge in [-0.2, -0.15) is 4.31 Å². The maximum absolute atomic E-state index is 13.5. The van der Waals surface area contributed by atoms with Crippen molar-refractivity contribution in [1.29, 1.82) is 0 Å². The number of nitrogens with two attached hydrogens (primary N) is 1. The van der Waals surface area contributed by atoms with Crippen molar-refractivity contribution >= 4 is 45.0 Å². The van der Waals surface area contributed by atoms with Gasteiger partial charge in [0.15, 0.2) is 0 Å². The van der Waals surface area contributed by atoms with E-state index in [0.29, 0.717) is 19.3 Å². The van der Waals surface area contributed by atoms with E-state index in [9.17, 15) is 18.0 Å². The van der Waals surface area contributed by atoms with Crippen LogP contribution in [0.25, 0.3) is 0 Å². The van der Waals surface area contributed by atoms with E-state index in [0.717, 1.165) is 0 Å². The highest BCUT2D eigenvalue weighted by atomic mass is 35.5. The molecule has 2 saturated heterocycles. The largest absolute Gasteiger partial charge is 0.368 e. The molecule has 152 valence electrons. The summed E-state index contributed by atoms with van der Waals surface area (Å²) in [5.74, 6) is -1.41. The lowest BCUT2D eigenvalue weighted by atomic mass is 9.90. The number of sulfonamides is 1. The molecule has 2 aliphatic rings. The molecule has 0 saturated carbocycles. The standard InChI is InChI=1S/C18H21Cl2N3O4S/c1-2-11-9-22(10-17(21)24)18(25)16-5-3-4-15(11)23(16)28(26,27)14-7-12(19)6-13(20)8-14/h2,6-8,11,15-16H,1,3-5,9-10H2,(H2,21,24)/t11-,15-,16?/m0/s1. The highest BCUT2D eigenvalue weighted by molar-refractivity contribution is 7.89. The van der Waals surface area contributed by atoms with Crippen molar-refractivity contribution in [2.45, 2.75) is 36.2 Å². The Hall–Kier alpha value is -1.61. The van der Waals surface area contributed by atoms with E-state index >= 15 is 0 Å². The van der Waals surface area contributed by atoms with Gasteiger partial charge in [-0.3, -0.25) is 9.59 Å². The predicted molar refractivity (Wildman–Crippen MR) is 106 cm³/mol. The quantitative estimate of drug-likeness (QED) is 0.700. The van der Waals surface area contributed by atoms with E-state index in [2.05, 4.69) is 6.58 Å². The Morgan fingerprint density at radius 3 is 2.46 bits per heavy atom. The summed E-state index contributed by atoms with van der Waals surface area (Å²) >= 11 is 12.0. The number of hydrogen-bond donors (Lipinski definition) is 1. The number of amides is 2. The zero-order valence-electron chi connectivity index (χ0n) is 15.1. The molecule has 10 heteroatoms. The van der Waals surface area contributed by atoms with E-state index in [1.807, 2.05) is 0 Å². The molecular formula is C18H21Cl2N3O4S. The third-order valence-electron chi connectivity index (χ3n) is 5.19. The SMILES string of the molecule is C=C[C@H]1CN(CC(N)=O)C(=O)C2CCC[C@@H]1N2S(=O)(=O)c1cc(Cl)cc(Cl)c1. The first-order chi connectivity index (χ1) is 13.1. The van der Waals surface area contributed by atoms with Crippen LogP contribution in [0.3, 0.4) is 0 Å². The second kappa shape index (κ2) is 8.02. The number of halogens is 2. The maximum atomic E-state index is 13.5. The molecule has 1 aromatic rings. The molecule has 2 heterocycles. The van der Waals surface area contributed by atoms with E-state index in [-0.39, 0.29) is 33.9 Å². The lowest BCUT2D eigenvalue weighted by Crippen LogP contribution is -2.55. The molecule has 2 aliphatic heterocycles. The predicted octanol–water partition coefficient (Wildman–Crippen LogP) is 2.03. The molecule has 2 amide bonds. The first-order valence-corrected chi connectivity index (χ1v) is 11.0. The Labute approximate surface area is 174 Å². The van der Waals surface area contributed by atoms with Crippen molar-refractivity contribution in [3.8, 4) is 0 Å². The molecule has 0 radical (unpaired) electrons. The van der Waals surface area contributed by atoms with E-state index in [1.54, 1.807) is 6.08 Å². The van der Waals surface area contributed by atoms with Gasteiger partial charge in [-0.1, -0.05) is 29.3 Å². The number of benzene rings is 1. The fourth-order valence-corrected chi connectivity index (χ4v) is 6.62. The molecular weight excluding hydrogens is 425 g/mol. The number of primary amides is 1. The van der Waals surface area contributed by atoms with E-state index < -0.39 is 33.9 Å². The molecule has 2 bridgehead atoms. The lowest BCUT2D eigenvalue weighted by molar-refractivity contribution is -0.138. The number of carbonyl (C=O) groups is 2. The summed E-state index contributed by atoms with van der Waals surface area (Å²) in [6, 6.07) is 2.71. The monoisotopic (exact) mass is 445 g/mol. The Morgan fingerprint density at radius 1 is 1.25 bits per heavy atom. The minimum Gasteiger partial charge on any atom is -0.368 e. The molecule has 2 fully saturated rings. The lowest BCUT2D eigenvalue weighted by Gasteiger charge is -2.40. The van der Waals surface area contributed by atoms with Gasteiger partial charge in [0.1, 0.15) is 6.04 Å². The van der Waals surface area contributed by atoms with Gasteiger partial charge in [-0.25, -0.2) is 8.42 Å². The van der Waals surface area contributed by atoms with Gasteiger partial charge in [0.25, 0.3) is 0 Å². The number of hydrogen-bond acceptors (Lipinski definition) is 4. The molecule has 1 aromatic carbocycles. The third kappa shape index (κ3) is 3.91. The highest BCUT2D eigenvalue weighted by Crippen LogP contribution is 2.38. The fraction of sp³-hybridized carbons (Fsp3) is 0.444. The van der Waals surface area contributed by atoms with Crippen LogP contribution in [-0.2, 0) is 19.6 Å². The van der Waals surface area contributed by atoms with Crippen LogP contribution in [0.5, 0.6) is 0 Å². The zero-order valence-corrected chi connectivity index (χ0v) is 17.4. The molecule has 0 aliphatic carbocycles. The van der Waals surface area contributed by atoms with Crippen LogP contribution in [0, 0.1) is 5.92 Å². The zero-order chi connectivity index (χ0) is 20.6. The van der Waals surface area contributed by atoms with Crippen LogP contribution >= 0.6 is 23.2 Å². The molecule has 3 rings (SSSR count). The normalized spacial score (nSPS) is 26.0. The molecule has 3 atom stereocenters. The Balaban J connectivity index is 2.11. The van der Waals surface area contributed by atoms with Gasteiger partial charge in [0.2, 0.25) is 21.8 Å². The minimum absolute atomic E-state index is 0.0686. The molecule has 7 nitrogen and oxygen atoms in total. The van der Waals surface area contributed by atoms with Crippen LogP contribution in [-0.4, -0.2) is 54.6 Å². The smallest absolute Gasteiger partial charge is 0.244 e. The first-order valence-electron chi connectivity index (χ1n) is 8.84. The minimum atomic E-state index is -4.06. The van der Waals surface area contributed by atoms with Crippen LogP contribution < -0.4 is 5.73 Å². The summed E-state index contributed by atoms with van der Waals surface area (Å²) in [7, 11) is -4.06. The van der Waals surface area contributed by atoms with E-state index in [4.69, 9.17) is 28.9 Å². The van der Waals surface area contributed by atoms with Crippen LogP contribution in [0.15, 0.2) is 35.7 Å². The van der Waals surface area contributed by atoms with Crippen LogP contribution in [0.2, 0.25) is 10.0 Å². The number of rotatable bonds is 5. The summed E-state index contributed by atoms with van der Waals surface area (Å²) in [5, 5.41) is 0.376. The van der Waals surface area contributed by atoms with Gasteiger partial charge in [0.05, 0.1) is 11.4 Å². The second-order valence-electron chi connectivity index (χ2n) is 7.04. The van der Waals surface area contributed by atoms with Crippen molar-refractivity contribution in [1.82, 2.24) is 9.21 Å². The average Bonchev–Trinajstić information content (AvgIpc) is 2.68. The average molecular weight is 446 g/mol. The second-order valence-corrected chi connectivity index (χ2v) is 9.75. The topological polar surface area (TPSA) is 101 Å². The Kier molecular flexibility index (Phi) is 6.05. The van der Waals surface area contributed by atoms with E-state index in [1.165, 1.54) is 27.4 Å². The number of piperidine rings is 1. The summed E-state index contributed by atoms with van der Waals surface area (Å²) in [5.41, 5.74) is 5.29. The molecule has 0 aromatic heterocycles. The van der Waals surface area contributed by atoms with Crippen LogP contribution in [0.4, 0.5) is 0 Å². The van der Waals surface area contributed by atoms with Gasteiger partial charge in [-0.15, -0.1) is 6.58 Å². The summed E-state index contributed by atoms with van der Waals surface area (Å²) < 4.78 is 28.3. The van der Waals surface area contributed by atoms with Gasteiger partial charge in [0, 0.05) is 28.5 Å². The van der Waals surface area contributed by atoms with Gasteiger partial charge >= 0.3 is 0 Å². The first kappa shape index (κ1) is 21.1. The fourth-order valence-electron chi connectivity index (χ4n) is 4.03. The van der Waals surface area contributed by atoms with Gasteiger partial charge < -0.3 is 10.6 Å². The van der Waals surface area contributed by atoms with Crippen molar-refractivity contribution in [2.75, 3.05) is 13.1 Å². The van der Waals surface area contributed by atoms with Crippen LogP contribution in [0.1, 0.15) is 19.3 Å². The van der Waals surface area contributed by atoms with Crippen molar-refractivity contribution in [2.24, 2.45) is 11.7 Å². The molecule has 0 spiro atoms. The number of nitrogens with zero attached hydrogens (tertiary/aromatic N) is 2. The summed E-state index contributed by atoms with van der Waals surface area (Å²) in [6.45, 7) is 3.74. The molecule has 1 unspecified atom stereocenters. The Morgan fingerprint density at radius 2 is 1.89 bits per heavy atom.